The highest BCUT2D eigenvalue weighted by molar-refractivity contribution is 5.95. The number of amides is 1. The Hall–Kier alpha value is -2.15. The summed E-state index contributed by atoms with van der Waals surface area (Å²) in [6, 6.07) is 0.150. The van der Waals surface area contributed by atoms with Crippen molar-refractivity contribution in [1.29, 1.82) is 0 Å². The van der Waals surface area contributed by atoms with Gasteiger partial charge in [-0.2, -0.15) is 5.10 Å². The highest BCUT2D eigenvalue weighted by Crippen LogP contribution is 2.28. The fourth-order valence-corrected chi connectivity index (χ4v) is 3.06. The number of aryl methyl sites for hydroxylation is 1. The van der Waals surface area contributed by atoms with Crippen molar-refractivity contribution >= 4 is 5.91 Å². The summed E-state index contributed by atoms with van der Waals surface area (Å²) in [5.74, 6) is 0.728. The molecule has 7 nitrogen and oxygen atoms in total. The smallest absolute Gasteiger partial charge is 0.255 e. The topological polar surface area (TPSA) is 74.0 Å². The van der Waals surface area contributed by atoms with Gasteiger partial charge in [0.05, 0.1) is 17.8 Å². The van der Waals surface area contributed by atoms with E-state index < -0.39 is 0 Å². The molecule has 0 radical (unpaired) electrons. The Morgan fingerprint density at radius 3 is 2.87 bits per heavy atom. The fourth-order valence-electron chi connectivity index (χ4n) is 3.06. The van der Waals surface area contributed by atoms with Crippen LogP contribution in [0.2, 0.25) is 0 Å². The molecule has 1 saturated heterocycles. The Kier molecular flexibility index (Phi) is 4.21. The van der Waals surface area contributed by atoms with Gasteiger partial charge < -0.3 is 14.6 Å². The van der Waals surface area contributed by atoms with Crippen LogP contribution in [0.25, 0.3) is 0 Å². The molecule has 1 amide bonds. The van der Waals surface area contributed by atoms with Crippen LogP contribution in [-0.4, -0.2) is 37.9 Å². The van der Waals surface area contributed by atoms with Crippen LogP contribution in [-0.2, 0) is 11.8 Å². The van der Waals surface area contributed by atoms with E-state index >= 15 is 0 Å². The van der Waals surface area contributed by atoms with Crippen LogP contribution in [0.1, 0.15) is 54.3 Å². The summed E-state index contributed by atoms with van der Waals surface area (Å²) >= 11 is 0. The van der Waals surface area contributed by atoms with Crippen molar-refractivity contribution in [2.75, 3.05) is 6.61 Å². The average molecular weight is 317 g/mol. The molecule has 0 aliphatic carbocycles. The summed E-state index contributed by atoms with van der Waals surface area (Å²) in [5, 5.41) is 7.39. The zero-order valence-corrected chi connectivity index (χ0v) is 14.0. The molecule has 3 heterocycles. The minimum Gasteiger partial charge on any atom is -0.368 e. The van der Waals surface area contributed by atoms with Gasteiger partial charge in [-0.1, -0.05) is 0 Å². The van der Waals surface area contributed by atoms with Gasteiger partial charge in [0, 0.05) is 37.8 Å². The minimum atomic E-state index is -0.209. The van der Waals surface area contributed by atoms with Crippen LogP contribution >= 0.6 is 0 Å². The normalized spacial score (nSPS) is 21.1. The predicted octanol–water partition coefficient (Wildman–Crippen LogP) is 1.77. The SMILES string of the molecule is Cc1c(C(=O)N[C@H]2CCO[C@@H]2c2nccn2C)cnn1C(C)C. The number of carbonyl (C=O) groups excluding carboxylic acids is 1. The van der Waals surface area contributed by atoms with Crippen molar-refractivity contribution in [2.24, 2.45) is 7.05 Å². The lowest BCUT2D eigenvalue weighted by atomic mass is 10.1. The van der Waals surface area contributed by atoms with E-state index in [1.54, 1.807) is 12.4 Å². The third-order valence-electron chi connectivity index (χ3n) is 4.30. The highest BCUT2D eigenvalue weighted by atomic mass is 16.5. The Bertz CT molecular complexity index is 703. The quantitative estimate of drug-likeness (QED) is 0.932. The highest BCUT2D eigenvalue weighted by Gasteiger charge is 2.34. The van der Waals surface area contributed by atoms with Crippen molar-refractivity contribution in [2.45, 2.75) is 45.4 Å². The van der Waals surface area contributed by atoms with Crippen molar-refractivity contribution in [3.05, 3.63) is 35.7 Å². The molecule has 7 heteroatoms. The first-order chi connectivity index (χ1) is 11.0. The fraction of sp³-hybridized carbons (Fsp3) is 0.562. The van der Waals surface area contributed by atoms with Gasteiger partial charge in [-0.25, -0.2) is 4.98 Å². The molecule has 2 aromatic rings. The number of hydrogen-bond acceptors (Lipinski definition) is 4. The van der Waals surface area contributed by atoms with E-state index in [0.29, 0.717) is 12.2 Å². The van der Waals surface area contributed by atoms with Gasteiger partial charge in [-0.05, 0) is 27.2 Å². The van der Waals surface area contributed by atoms with Crippen molar-refractivity contribution in [3.63, 3.8) is 0 Å². The molecular formula is C16H23N5O2. The minimum absolute atomic E-state index is 0.0783. The first kappa shape index (κ1) is 15.7. The number of nitrogens with one attached hydrogen (secondary N) is 1. The molecule has 0 spiro atoms. The van der Waals surface area contributed by atoms with Crippen LogP contribution in [0, 0.1) is 6.92 Å². The van der Waals surface area contributed by atoms with Gasteiger partial charge in [0.1, 0.15) is 11.9 Å². The van der Waals surface area contributed by atoms with Crippen LogP contribution in [0.5, 0.6) is 0 Å². The molecular weight excluding hydrogens is 294 g/mol. The number of nitrogens with zero attached hydrogens (tertiary/aromatic N) is 4. The summed E-state index contributed by atoms with van der Waals surface area (Å²) in [4.78, 5) is 17.0. The van der Waals surface area contributed by atoms with Gasteiger partial charge in [-0.15, -0.1) is 0 Å². The molecule has 1 N–H and O–H groups in total. The number of carbonyl (C=O) groups is 1. The third kappa shape index (κ3) is 2.88. The van der Waals surface area contributed by atoms with Gasteiger partial charge in [0.2, 0.25) is 0 Å². The van der Waals surface area contributed by atoms with E-state index in [9.17, 15) is 4.79 Å². The predicted molar refractivity (Wildman–Crippen MR) is 85.1 cm³/mol. The van der Waals surface area contributed by atoms with Crippen molar-refractivity contribution in [1.82, 2.24) is 24.6 Å². The molecule has 0 unspecified atom stereocenters. The van der Waals surface area contributed by atoms with Gasteiger partial charge in [-0.3, -0.25) is 9.48 Å². The Balaban J connectivity index is 1.76. The van der Waals surface area contributed by atoms with Crippen molar-refractivity contribution in [3.8, 4) is 0 Å². The van der Waals surface area contributed by atoms with E-state index in [4.69, 9.17) is 4.74 Å². The maximum Gasteiger partial charge on any atom is 0.255 e. The summed E-state index contributed by atoms with van der Waals surface area (Å²) in [6.07, 6.45) is 5.83. The molecule has 2 atom stereocenters. The Labute approximate surface area is 135 Å². The second-order valence-corrected chi connectivity index (χ2v) is 6.24. The number of rotatable bonds is 4. The molecule has 1 aliphatic rings. The Morgan fingerprint density at radius 2 is 2.26 bits per heavy atom. The maximum atomic E-state index is 12.6. The van der Waals surface area contributed by atoms with E-state index in [2.05, 4.69) is 15.4 Å². The molecule has 3 rings (SSSR count). The largest absolute Gasteiger partial charge is 0.368 e. The second-order valence-electron chi connectivity index (χ2n) is 6.24. The van der Waals surface area contributed by atoms with E-state index in [1.807, 2.05) is 43.3 Å². The monoisotopic (exact) mass is 317 g/mol. The summed E-state index contributed by atoms with van der Waals surface area (Å²) in [5.41, 5.74) is 1.49. The summed E-state index contributed by atoms with van der Waals surface area (Å²) in [7, 11) is 1.93. The lowest BCUT2D eigenvalue weighted by molar-refractivity contribution is 0.0778. The van der Waals surface area contributed by atoms with Gasteiger partial charge in [0.25, 0.3) is 5.91 Å². The zero-order chi connectivity index (χ0) is 16.6. The first-order valence-corrected chi connectivity index (χ1v) is 7.92. The van der Waals surface area contributed by atoms with Gasteiger partial charge in [0.15, 0.2) is 0 Å². The van der Waals surface area contributed by atoms with Crippen LogP contribution in [0.3, 0.4) is 0 Å². The number of imidazole rings is 1. The molecule has 0 bridgehead atoms. The molecule has 0 aromatic carbocycles. The number of hydrogen-bond donors (Lipinski definition) is 1. The molecule has 23 heavy (non-hydrogen) atoms. The molecule has 2 aromatic heterocycles. The second kappa shape index (κ2) is 6.16. The molecule has 124 valence electrons. The van der Waals surface area contributed by atoms with Gasteiger partial charge >= 0.3 is 0 Å². The van der Waals surface area contributed by atoms with E-state index in [-0.39, 0.29) is 24.1 Å². The standard InChI is InChI=1S/C16H23N5O2/c1-10(2)21-11(3)12(9-18-21)16(22)19-13-5-8-23-14(13)15-17-6-7-20(15)4/h6-7,9-10,13-14H,5,8H2,1-4H3,(H,19,22)/t13-,14-/m0/s1. The van der Waals surface area contributed by atoms with E-state index in [0.717, 1.165) is 17.9 Å². The lowest BCUT2D eigenvalue weighted by Crippen LogP contribution is -2.37. The summed E-state index contributed by atoms with van der Waals surface area (Å²) < 4.78 is 9.57. The molecule has 0 saturated carbocycles. The average Bonchev–Trinajstić information content (AvgIpc) is 3.18. The van der Waals surface area contributed by atoms with Crippen LogP contribution in [0.4, 0.5) is 0 Å². The maximum absolute atomic E-state index is 12.6. The van der Waals surface area contributed by atoms with Crippen LogP contribution in [0.15, 0.2) is 18.6 Å². The van der Waals surface area contributed by atoms with Crippen LogP contribution < -0.4 is 5.32 Å². The van der Waals surface area contributed by atoms with E-state index in [1.165, 1.54) is 0 Å². The first-order valence-electron chi connectivity index (χ1n) is 7.92. The number of aromatic nitrogens is 4. The molecule has 1 aliphatic heterocycles. The molecule has 1 fully saturated rings. The van der Waals surface area contributed by atoms with Crippen molar-refractivity contribution < 1.29 is 9.53 Å². The Morgan fingerprint density at radius 1 is 1.48 bits per heavy atom. The third-order valence-corrected chi connectivity index (χ3v) is 4.30. The zero-order valence-electron chi connectivity index (χ0n) is 14.0. The lowest BCUT2D eigenvalue weighted by Gasteiger charge is -2.19. The number of ether oxygens (including phenoxy) is 1. The summed E-state index contributed by atoms with van der Waals surface area (Å²) in [6.45, 7) is 6.63.